The minimum atomic E-state index is 0.299. The van der Waals surface area contributed by atoms with Gasteiger partial charge in [-0.3, -0.25) is 4.79 Å². The van der Waals surface area contributed by atoms with Gasteiger partial charge >= 0.3 is 0 Å². The average molecular weight is 226 g/mol. The van der Waals surface area contributed by atoms with Gasteiger partial charge in [-0.25, -0.2) is 0 Å². The van der Waals surface area contributed by atoms with Crippen molar-refractivity contribution >= 4 is 5.91 Å². The molecule has 2 N–H and O–H groups in total. The van der Waals surface area contributed by atoms with E-state index in [1.54, 1.807) is 0 Å². The highest BCUT2D eigenvalue weighted by Crippen LogP contribution is 2.28. The highest BCUT2D eigenvalue weighted by Gasteiger charge is 2.28. The first-order valence-electron chi connectivity index (χ1n) is 6.42. The van der Waals surface area contributed by atoms with Gasteiger partial charge in [-0.15, -0.1) is 0 Å². The molecule has 3 nitrogen and oxygen atoms in total. The quantitative estimate of drug-likeness (QED) is 0.797. The Balaban J connectivity index is 2.36. The third-order valence-electron chi connectivity index (χ3n) is 3.51. The summed E-state index contributed by atoms with van der Waals surface area (Å²) in [6.07, 6.45) is 3.96. The monoisotopic (exact) mass is 226 g/mol. The smallest absolute Gasteiger partial charge is 0.222 e. The zero-order valence-electron chi connectivity index (χ0n) is 11.0. The second-order valence-corrected chi connectivity index (χ2v) is 5.96. The predicted molar refractivity (Wildman–Crippen MR) is 67.0 cm³/mol. The van der Waals surface area contributed by atoms with Gasteiger partial charge in [0.25, 0.3) is 0 Å². The van der Waals surface area contributed by atoms with Crippen molar-refractivity contribution in [1.29, 1.82) is 0 Å². The molecule has 0 aliphatic carbocycles. The van der Waals surface area contributed by atoms with Crippen LogP contribution < -0.4 is 5.73 Å². The van der Waals surface area contributed by atoms with E-state index >= 15 is 0 Å². The molecule has 0 bridgehead atoms. The topological polar surface area (TPSA) is 46.3 Å². The lowest BCUT2D eigenvalue weighted by atomic mass is 9.84. The number of nitrogens with two attached hydrogens (primary N) is 1. The van der Waals surface area contributed by atoms with Crippen LogP contribution in [0.2, 0.25) is 0 Å². The van der Waals surface area contributed by atoms with Crippen LogP contribution in [0.25, 0.3) is 0 Å². The summed E-state index contributed by atoms with van der Waals surface area (Å²) in [6.45, 7) is 9.14. The van der Waals surface area contributed by atoms with Crippen molar-refractivity contribution in [2.24, 2.45) is 17.1 Å². The normalized spacial score (nSPS) is 21.9. The number of rotatable bonds is 4. The van der Waals surface area contributed by atoms with Crippen molar-refractivity contribution in [2.75, 3.05) is 19.6 Å². The van der Waals surface area contributed by atoms with Crippen LogP contribution in [0.4, 0.5) is 0 Å². The molecule has 94 valence electrons. The predicted octanol–water partition coefficient (Wildman–Crippen LogP) is 2.01. The van der Waals surface area contributed by atoms with Crippen molar-refractivity contribution < 1.29 is 4.79 Å². The molecule has 0 aromatic carbocycles. The molecule has 0 spiro atoms. The Morgan fingerprint density at radius 2 is 2.19 bits per heavy atom. The lowest BCUT2D eigenvalue weighted by Crippen LogP contribution is -2.43. The molecule has 1 saturated heterocycles. The van der Waals surface area contributed by atoms with Crippen molar-refractivity contribution in [1.82, 2.24) is 4.90 Å². The number of likely N-dealkylation sites (tertiary alicyclic amines) is 1. The number of piperidine rings is 1. The standard InChI is InChI=1S/C13H26N2O/c1-11(9-14)5-6-12(16)15-8-4-7-13(2,3)10-15/h11H,4-10,14H2,1-3H3. The molecule has 1 heterocycles. The Labute approximate surface area is 99.4 Å². The van der Waals surface area contributed by atoms with E-state index in [0.717, 1.165) is 25.9 Å². The van der Waals surface area contributed by atoms with E-state index in [0.29, 0.717) is 30.2 Å². The molecule has 3 heteroatoms. The van der Waals surface area contributed by atoms with Crippen LogP contribution in [0.15, 0.2) is 0 Å². The largest absolute Gasteiger partial charge is 0.342 e. The highest BCUT2D eigenvalue weighted by atomic mass is 16.2. The Hall–Kier alpha value is -0.570. The van der Waals surface area contributed by atoms with Gasteiger partial charge in [0.2, 0.25) is 5.91 Å². The maximum Gasteiger partial charge on any atom is 0.222 e. The van der Waals surface area contributed by atoms with E-state index < -0.39 is 0 Å². The summed E-state index contributed by atoms with van der Waals surface area (Å²) < 4.78 is 0. The summed E-state index contributed by atoms with van der Waals surface area (Å²) in [7, 11) is 0. The average Bonchev–Trinajstić information content (AvgIpc) is 2.23. The van der Waals surface area contributed by atoms with Crippen LogP contribution in [0.1, 0.15) is 46.5 Å². The van der Waals surface area contributed by atoms with Crippen LogP contribution in [-0.2, 0) is 4.79 Å². The maximum absolute atomic E-state index is 12.0. The molecule has 1 fully saturated rings. The van der Waals surface area contributed by atoms with Gasteiger partial charge in [-0.05, 0) is 37.1 Å². The molecule has 0 radical (unpaired) electrons. The van der Waals surface area contributed by atoms with Crippen molar-refractivity contribution in [2.45, 2.75) is 46.5 Å². The lowest BCUT2D eigenvalue weighted by Gasteiger charge is -2.38. The molecule has 1 unspecified atom stereocenters. The van der Waals surface area contributed by atoms with Gasteiger partial charge in [-0.1, -0.05) is 20.8 Å². The van der Waals surface area contributed by atoms with Crippen LogP contribution >= 0.6 is 0 Å². The Kier molecular flexibility index (Phi) is 4.78. The van der Waals surface area contributed by atoms with Gasteiger partial charge in [0.15, 0.2) is 0 Å². The number of hydrogen-bond acceptors (Lipinski definition) is 2. The van der Waals surface area contributed by atoms with E-state index in [9.17, 15) is 4.79 Å². The fourth-order valence-electron chi connectivity index (χ4n) is 2.28. The zero-order chi connectivity index (χ0) is 12.2. The Morgan fingerprint density at radius 1 is 1.50 bits per heavy atom. The van der Waals surface area contributed by atoms with E-state index in [4.69, 9.17) is 5.73 Å². The van der Waals surface area contributed by atoms with E-state index in [1.165, 1.54) is 6.42 Å². The number of carbonyl (C=O) groups is 1. The second-order valence-electron chi connectivity index (χ2n) is 5.96. The summed E-state index contributed by atoms with van der Waals surface area (Å²) >= 11 is 0. The van der Waals surface area contributed by atoms with Crippen molar-refractivity contribution in [3.63, 3.8) is 0 Å². The van der Waals surface area contributed by atoms with Crippen molar-refractivity contribution in [3.05, 3.63) is 0 Å². The Bertz CT molecular complexity index is 238. The molecule has 1 aliphatic rings. The van der Waals surface area contributed by atoms with Gasteiger partial charge in [0.05, 0.1) is 0 Å². The van der Waals surface area contributed by atoms with Crippen LogP contribution in [0.3, 0.4) is 0 Å². The molecule has 0 saturated carbocycles. The molecule has 0 aromatic heterocycles. The van der Waals surface area contributed by atoms with E-state index in [2.05, 4.69) is 20.8 Å². The molecule has 0 aromatic rings. The highest BCUT2D eigenvalue weighted by molar-refractivity contribution is 5.76. The Morgan fingerprint density at radius 3 is 2.75 bits per heavy atom. The first-order chi connectivity index (χ1) is 7.44. The van der Waals surface area contributed by atoms with E-state index in [1.807, 2.05) is 4.90 Å². The fraction of sp³-hybridized carbons (Fsp3) is 0.923. The van der Waals surface area contributed by atoms with Gasteiger partial charge in [0.1, 0.15) is 0 Å². The molecule has 1 aliphatic heterocycles. The fourth-order valence-corrected chi connectivity index (χ4v) is 2.28. The van der Waals surface area contributed by atoms with Gasteiger partial charge in [0, 0.05) is 19.5 Å². The molecule has 16 heavy (non-hydrogen) atoms. The lowest BCUT2D eigenvalue weighted by molar-refractivity contribution is -0.134. The minimum absolute atomic E-state index is 0.299. The summed E-state index contributed by atoms with van der Waals surface area (Å²) in [5.74, 6) is 0.773. The van der Waals surface area contributed by atoms with Crippen LogP contribution in [-0.4, -0.2) is 30.4 Å². The number of nitrogens with zero attached hydrogens (tertiary/aromatic N) is 1. The summed E-state index contributed by atoms with van der Waals surface area (Å²) in [4.78, 5) is 14.0. The summed E-state index contributed by atoms with van der Waals surface area (Å²) in [5.41, 5.74) is 5.85. The molecular formula is C13H26N2O. The molecule has 1 rings (SSSR count). The third-order valence-corrected chi connectivity index (χ3v) is 3.51. The SMILES string of the molecule is CC(CN)CCC(=O)N1CCCC(C)(C)C1. The first-order valence-corrected chi connectivity index (χ1v) is 6.42. The second kappa shape index (κ2) is 5.67. The summed E-state index contributed by atoms with van der Waals surface area (Å²) in [6, 6.07) is 0. The number of amides is 1. The molecule has 1 amide bonds. The first kappa shape index (κ1) is 13.5. The molecule has 1 atom stereocenters. The van der Waals surface area contributed by atoms with Gasteiger partial charge in [-0.2, -0.15) is 0 Å². The van der Waals surface area contributed by atoms with Crippen LogP contribution in [0.5, 0.6) is 0 Å². The van der Waals surface area contributed by atoms with Crippen LogP contribution in [0, 0.1) is 11.3 Å². The van der Waals surface area contributed by atoms with Crippen molar-refractivity contribution in [3.8, 4) is 0 Å². The third kappa shape index (κ3) is 4.12. The summed E-state index contributed by atoms with van der Waals surface area (Å²) in [5, 5.41) is 0. The zero-order valence-corrected chi connectivity index (χ0v) is 11.0. The van der Waals surface area contributed by atoms with Gasteiger partial charge < -0.3 is 10.6 Å². The minimum Gasteiger partial charge on any atom is -0.342 e. The number of hydrogen-bond donors (Lipinski definition) is 1. The number of carbonyl (C=O) groups excluding carboxylic acids is 1. The molecular weight excluding hydrogens is 200 g/mol. The maximum atomic E-state index is 12.0. The van der Waals surface area contributed by atoms with E-state index in [-0.39, 0.29) is 0 Å².